The van der Waals surface area contributed by atoms with Gasteiger partial charge in [0.15, 0.2) is 0 Å². The molecular weight excluding hydrogens is 380 g/mol. The Hall–Kier alpha value is -2.75. The van der Waals surface area contributed by atoms with Gasteiger partial charge in [0.05, 0.1) is 9.82 Å². The third-order valence-corrected chi connectivity index (χ3v) is 6.17. The number of benzene rings is 2. The average molecular weight is 402 g/mol. The lowest BCUT2D eigenvalue weighted by atomic mass is 10.1. The van der Waals surface area contributed by atoms with Crippen molar-refractivity contribution in [1.29, 1.82) is 0 Å². The van der Waals surface area contributed by atoms with E-state index < -0.39 is 14.9 Å². The summed E-state index contributed by atoms with van der Waals surface area (Å²) in [5, 5.41) is 11.8. The first-order valence-electron chi connectivity index (χ1n) is 8.65. The van der Waals surface area contributed by atoms with Gasteiger partial charge in [0.2, 0.25) is 10.0 Å². The SMILES string of the molecule is CN(C)C(CNS(=O)(=O)c1ccc([N+](=O)[O-])cc1)c1cn(C)c2ccccc12. The highest BCUT2D eigenvalue weighted by Gasteiger charge is 2.23. The number of fused-ring (bicyclic) bond motifs is 1. The van der Waals surface area contributed by atoms with Crippen LogP contribution in [0.2, 0.25) is 0 Å². The molecule has 0 fully saturated rings. The maximum atomic E-state index is 12.6. The second-order valence-electron chi connectivity index (χ2n) is 6.79. The Balaban J connectivity index is 1.86. The minimum atomic E-state index is -3.79. The van der Waals surface area contributed by atoms with Gasteiger partial charge in [-0.1, -0.05) is 18.2 Å². The molecule has 9 heteroatoms. The van der Waals surface area contributed by atoms with Crippen LogP contribution in [0.15, 0.2) is 59.6 Å². The smallest absolute Gasteiger partial charge is 0.269 e. The Kier molecular flexibility index (Phi) is 5.50. The Bertz CT molecular complexity index is 1100. The monoisotopic (exact) mass is 402 g/mol. The fraction of sp³-hybridized carbons (Fsp3) is 0.263. The standard InChI is InChI=1S/C19H22N4O4S/c1-21(2)19(17-13-22(3)18-7-5-4-6-16(17)18)12-20-28(26,27)15-10-8-14(9-11-15)23(24)25/h4-11,13,19-20H,12H2,1-3H3. The van der Waals surface area contributed by atoms with Crippen molar-refractivity contribution in [1.82, 2.24) is 14.2 Å². The van der Waals surface area contributed by atoms with Crippen molar-refractivity contribution in [3.05, 3.63) is 70.4 Å². The topological polar surface area (TPSA) is 97.5 Å². The van der Waals surface area contributed by atoms with E-state index in [1.165, 1.54) is 24.3 Å². The highest BCUT2D eigenvalue weighted by molar-refractivity contribution is 7.89. The number of nitrogens with zero attached hydrogens (tertiary/aromatic N) is 3. The van der Waals surface area contributed by atoms with Crippen LogP contribution in [0.5, 0.6) is 0 Å². The molecule has 0 saturated heterocycles. The summed E-state index contributed by atoms with van der Waals surface area (Å²) in [7, 11) is 1.96. The number of hydrogen-bond donors (Lipinski definition) is 1. The molecule has 1 unspecified atom stereocenters. The average Bonchev–Trinajstić information content (AvgIpc) is 2.98. The molecule has 1 atom stereocenters. The van der Waals surface area contributed by atoms with Crippen LogP contribution in [-0.2, 0) is 17.1 Å². The molecule has 0 aliphatic rings. The molecule has 1 N–H and O–H groups in total. The van der Waals surface area contributed by atoms with Crippen LogP contribution in [0, 0.1) is 10.1 Å². The fourth-order valence-corrected chi connectivity index (χ4v) is 4.27. The van der Waals surface area contributed by atoms with Gasteiger partial charge in [-0.25, -0.2) is 13.1 Å². The second-order valence-corrected chi connectivity index (χ2v) is 8.56. The predicted molar refractivity (Wildman–Crippen MR) is 108 cm³/mol. The number of nitro benzene ring substituents is 1. The molecule has 1 heterocycles. The number of aromatic nitrogens is 1. The normalized spacial score (nSPS) is 13.1. The summed E-state index contributed by atoms with van der Waals surface area (Å²) < 4.78 is 29.9. The molecule has 2 aromatic carbocycles. The lowest BCUT2D eigenvalue weighted by Gasteiger charge is -2.24. The van der Waals surface area contributed by atoms with Gasteiger partial charge in [-0.3, -0.25) is 10.1 Å². The molecule has 1 aromatic heterocycles. The van der Waals surface area contributed by atoms with Crippen molar-refractivity contribution < 1.29 is 13.3 Å². The Morgan fingerprint density at radius 2 is 1.79 bits per heavy atom. The van der Waals surface area contributed by atoms with E-state index in [9.17, 15) is 18.5 Å². The number of rotatable bonds is 7. The van der Waals surface area contributed by atoms with Gasteiger partial charge in [-0.15, -0.1) is 0 Å². The molecule has 148 valence electrons. The van der Waals surface area contributed by atoms with Crippen molar-refractivity contribution in [3.8, 4) is 0 Å². The maximum absolute atomic E-state index is 12.6. The molecule has 0 radical (unpaired) electrons. The number of nitrogens with one attached hydrogen (secondary N) is 1. The number of sulfonamides is 1. The molecule has 28 heavy (non-hydrogen) atoms. The Morgan fingerprint density at radius 1 is 1.14 bits per heavy atom. The van der Waals surface area contributed by atoms with Gasteiger partial charge < -0.3 is 9.47 Å². The summed E-state index contributed by atoms with van der Waals surface area (Å²) in [6, 6.07) is 12.6. The Labute approximate surface area is 163 Å². The van der Waals surface area contributed by atoms with E-state index in [0.29, 0.717) is 0 Å². The zero-order chi connectivity index (χ0) is 20.5. The molecule has 0 amide bonds. The third kappa shape index (κ3) is 3.91. The number of para-hydroxylation sites is 1. The van der Waals surface area contributed by atoms with Gasteiger partial charge in [0, 0.05) is 48.9 Å². The van der Waals surface area contributed by atoms with E-state index >= 15 is 0 Å². The lowest BCUT2D eigenvalue weighted by molar-refractivity contribution is -0.384. The van der Waals surface area contributed by atoms with Crippen LogP contribution >= 0.6 is 0 Å². The van der Waals surface area contributed by atoms with Gasteiger partial charge >= 0.3 is 0 Å². The predicted octanol–water partition coefficient (Wildman–Crippen LogP) is 2.67. The summed E-state index contributed by atoms with van der Waals surface area (Å²) in [5.41, 5.74) is 1.94. The fourth-order valence-electron chi connectivity index (χ4n) is 3.23. The number of hydrogen-bond acceptors (Lipinski definition) is 5. The molecule has 3 aromatic rings. The van der Waals surface area contributed by atoms with Crippen molar-refractivity contribution in [2.45, 2.75) is 10.9 Å². The number of likely N-dealkylation sites (N-methyl/N-ethyl adjacent to an activating group) is 1. The van der Waals surface area contributed by atoms with E-state index in [-0.39, 0.29) is 23.2 Å². The van der Waals surface area contributed by atoms with Crippen molar-refractivity contribution in [2.75, 3.05) is 20.6 Å². The molecule has 0 aliphatic carbocycles. The molecule has 8 nitrogen and oxygen atoms in total. The van der Waals surface area contributed by atoms with E-state index in [4.69, 9.17) is 0 Å². The highest BCUT2D eigenvalue weighted by atomic mass is 32.2. The van der Waals surface area contributed by atoms with E-state index in [0.717, 1.165) is 16.5 Å². The zero-order valence-electron chi connectivity index (χ0n) is 15.9. The first-order valence-corrected chi connectivity index (χ1v) is 10.1. The van der Waals surface area contributed by atoms with E-state index in [1.807, 2.05) is 61.1 Å². The minimum absolute atomic E-state index is 0.00599. The van der Waals surface area contributed by atoms with Crippen LogP contribution in [-0.4, -0.2) is 43.4 Å². The summed E-state index contributed by atoms with van der Waals surface area (Å²) in [5.74, 6) is 0. The van der Waals surface area contributed by atoms with Gasteiger partial charge in [0.25, 0.3) is 5.69 Å². The summed E-state index contributed by atoms with van der Waals surface area (Å²) in [6.07, 6.45) is 2.01. The van der Waals surface area contributed by atoms with Gasteiger partial charge in [-0.05, 0) is 37.9 Å². The summed E-state index contributed by atoms with van der Waals surface area (Å²) >= 11 is 0. The zero-order valence-corrected chi connectivity index (χ0v) is 16.7. The molecule has 0 saturated carbocycles. The quantitative estimate of drug-likeness (QED) is 0.484. The van der Waals surface area contributed by atoms with Crippen LogP contribution in [0.25, 0.3) is 10.9 Å². The highest BCUT2D eigenvalue weighted by Crippen LogP contribution is 2.28. The minimum Gasteiger partial charge on any atom is -0.350 e. The van der Waals surface area contributed by atoms with Crippen LogP contribution in [0.1, 0.15) is 11.6 Å². The lowest BCUT2D eigenvalue weighted by Crippen LogP contribution is -2.34. The van der Waals surface area contributed by atoms with Crippen molar-refractivity contribution >= 4 is 26.6 Å². The van der Waals surface area contributed by atoms with Crippen molar-refractivity contribution in [2.24, 2.45) is 7.05 Å². The number of aryl methyl sites for hydroxylation is 1. The summed E-state index contributed by atoms with van der Waals surface area (Å²) in [6.45, 7) is 0.167. The molecule has 0 aliphatic heterocycles. The van der Waals surface area contributed by atoms with Gasteiger partial charge in [0.1, 0.15) is 0 Å². The third-order valence-electron chi connectivity index (χ3n) is 4.73. The van der Waals surface area contributed by atoms with E-state index in [2.05, 4.69) is 4.72 Å². The Morgan fingerprint density at radius 3 is 2.39 bits per heavy atom. The van der Waals surface area contributed by atoms with E-state index in [1.54, 1.807) is 0 Å². The van der Waals surface area contributed by atoms with Crippen LogP contribution in [0.3, 0.4) is 0 Å². The number of non-ortho nitro benzene ring substituents is 1. The van der Waals surface area contributed by atoms with Crippen molar-refractivity contribution in [3.63, 3.8) is 0 Å². The molecule has 0 bridgehead atoms. The second kappa shape index (κ2) is 7.70. The largest absolute Gasteiger partial charge is 0.350 e. The molecular formula is C19H22N4O4S. The molecule has 0 spiro atoms. The first-order chi connectivity index (χ1) is 13.2. The van der Waals surface area contributed by atoms with Gasteiger partial charge in [-0.2, -0.15) is 0 Å². The molecule has 3 rings (SSSR count). The first kappa shape index (κ1) is 20.0. The maximum Gasteiger partial charge on any atom is 0.269 e. The summed E-state index contributed by atoms with van der Waals surface area (Å²) in [4.78, 5) is 12.1. The number of nitro groups is 1. The van der Waals surface area contributed by atoms with Crippen LogP contribution in [0.4, 0.5) is 5.69 Å². The van der Waals surface area contributed by atoms with Crippen LogP contribution < -0.4 is 4.72 Å².